The molecule has 17 heavy (non-hydrogen) atoms. The summed E-state index contributed by atoms with van der Waals surface area (Å²) in [5, 5.41) is 7.92. The summed E-state index contributed by atoms with van der Waals surface area (Å²) in [4.78, 5) is 2.09. The van der Waals surface area contributed by atoms with E-state index >= 15 is 0 Å². The molecule has 0 aliphatic carbocycles. The van der Waals surface area contributed by atoms with Crippen LogP contribution in [0, 0.1) is 0 Å². The van der Waals surface area contributed by atoms with Gasteiger partial charge in [-0.2, -0.15) is 0 Å². The topological polar surface area (TPSA) is 88.6 Å². The molecule has 1 aromatic rings. The van der Waals surface area contributed by atoms with E-state index in [1.807, 2.05) is 14.1 Å². The average molecular weight is 261 g/mol. The molecule has 0 aliphatic heterocycles. The van der Waals surface area contributed by atoms with Gasteiger partial charge in [-0.3, -0.25) is 0 Å². The zero-order valence-electron chi connectivity index (χ0n) is 10.3. The zero-order chi connectivity index (χ0) is 13.1. The van der Waals surface area contributed by atoms with Crippen LogP contribution in [0.3, 0.4) is 0 Å². The Morgan fingerprint density at radius 1 is 1.47 bits per heavy atom. The highest BCUT2D eigenvalue weighted by molar-refractivity contribution is 7.89. The SMILES string of the molecule is CC(CNCc1ccc(S(N)(=O)=O)o1)N(C)C. The maximum absolute atomic E-state index is 11.0. The van der Waals surface area contributed by atoms with E-state index in [0.717, 1.165) is 6.54 Å². The molecule has 0 saturated heterocycles. The third-order valence-corrected chi connectivity index (χ3v) is 3.32. The number of nitrogens with zero attached hydrogens (tertiary/aromatic N) is 1. The smallest absolute Gasteiger partial charge is 0.271 e. The fraction of sp³-hybridized carbons (Fsp3) is 0.600. The number of rotatable bonds is 6. The van der Waals surface area contributed by atoms with Crippen LogP contribution >= 0.6 is 0 Å². The predicted octanol–water partition coefficient (Wildman–Crippen LogP) is -0.0333. The van der Waals surface area contributed by atoms with Crippen molar-refractivity contribution in [1.29, 1.82) is 0 Å². The van der Waals surface area contributed by atoms with Crippen LogP contribution in [0.2, 0.25) is 0 Å². The summed E-state index contributed by atoms with van der Waals surface area (Å²) in [6.07, 6.45) is 0. The van der Waals surface area contributed by atoms with E-state index in [1.165, 1.54) is 6.07 Å². The Morgan fingerprint density at radius 2 is 2.12 bits per heavy atom. The normalized spacial score (nSPS) is 14.2. The van der Waals surface area contributed by atoms with Crippen molar-refractivity contribution in [2.24, 2.45) is 5.14 Å². The molecule has 1 heterocycles. The van der Waals surface area contributed by atoms with E-state index in [-0.39, 0.29) is 5.09 Å². The third kappa shape index (κ3) is 4.47. The summed E-state index contributed by atoms with van der Waals surface area (Å²) < 4.78 is 27.1. The van der Waals surface area contributed by atoms with Crippen LogP contribution in [0.1, 0.15) is 12.7 Å². The van der Waals surface area contributed by atoms with Crippen LogP contribution in [-0.2, 0) is 16.6 Å². The van der Waals surface area contributed by atoms with Crippen molar-refractivity contribution in [2.75, 3.05) is 20.6 Å². The molecule has 0 bridgehead atoms. The molecule has 6 nitrogen and oxygen atoms in total. The second-order valence-electron chi connectivity index (χ2n) is 4.21. The van der Waals surface area contributed by atoms with Gasteiger partial charge in [-0.05, 0) is 33.2 Å². The summed E-state index contributed by atoms with van der Waals surface area (Å²) in [5.41, 5.74) is 0. The number of furan rings is 1. The Labute approximate surface area is 102 Å². The minimum atomic E-state index is -3.74. The van der Waals surface area contributed by atoms with Crippen LogP contribution in [0.25, 0.3) is 0 Å². The Bertz CT molecular complexity index is 453. The largest absolute Gasteiger partial charge is 0.447 e. The molecule has 1 unspecified atom stereocenters. The molecule has 7 heteroatoms. The van der Waals surface area contributed by atoms with Gasteiger partial charge in [0.25, 0.3) is 10.0 Å². The Balaban J connectivity index is 2.46. The van der Waals surface area contributed by atoms with Gasteiger partial charge in [0.2, 0.25) is 5.09 Å². The first-order chi connectivity index (χ1) is 7.80. The van der Waals surface area contributed by atoms with E-state index in [1.54, 1.807) is 6.07 Å². The van der Waals surface area contributed by atoms with Crippen molar-refractivity contribution >= 4 is 10.0 Å². The van der Waals surface area contributed by atoms with Gasteiger partial charge in [-0.15, -0.1) is 0 Å². The van der Waals surface area contributed by atoms with E-state index in [2.05, 4.69) is 17.1 Å². The van der Waals surface area contributed by atoms with Gasteiger partial charge in [0.05, 0.1) is 6.54 Å². The van der Waals surface area contributed by atoms with E-state index in [9.17, 15) is 8.42 Å². The molecule has 1 rings (SSSR count). The van der Waals surface area contributed by atoms with Gasteiger partial charge < -0.3 is 14.6 Å². The van der Waals surface area contributed by atoms with Crippen LogP contribution < -0.4 is 10.5 Å². The quantitative estimate of drug-likeness (QED) is 0.750. The zero-order valence-corrected chi connectivity index (χ0v) is 11.1. The first kappa shape index (κ1) is 14.2. The molecular formula is C10H19N3O3S. The molecule has 1 atom stereocenters. The number of sulfonamides is 1. The van der Waals surface area contributed by atoms with Crippen molar-refractivity contribution in [2.45, 2.75) is 24.6 Å². The molecule has 0 radical (unpaired) electrons. The first-order valence-electron chi connectivity index (χ1n) is 5.29. The van der Waals surface area contributed by atoms with Gasteiger partial charge in [0.15, 0.2) is 0 Å². The van der Waals surface area contributed by atoms with Crippen LogP contribution in [0.5, 0.6) is 0 Å². The monoisotopic (exact) mass is 261 g/mol. The third-order valence-electron chi connectivity index (χ3n) is 2.54. The standard InChI is InChI=1S/C10H19N3O3S/c1-8(13(2)3)6-12-7-9-4-5-10(16-9)17(11,14)15/h4-5,8,12H,6-7H2,1-3H3,(H2,11,14,15). The average Bonchev–Trinajstić information content (AvgIpc) is 2.65. The second-order valence-corrected chi connectivity index (χ2v) is 5.70. The van der Waals surface area contributed by atoms with Gasteiger partial charge in [0.1, 0.15) is 5.76 Å². The van der Waals surface area contributed by atoms with Crippen molar-refractivity contribution in [3.63, 3.8) is 0 Å². The van der Waals surface area contributed by atoms with E-state index < -0.39 is 10.0 Å². The summed E-state index contributed by atoms with van der Waals surface area (Å²) in [6, 6.07) is 3.36. The first-order valence-corrected chi connectivity index (χ1v) is 6.84. The summed E-state index contributed by atoms with van der Waals surface area (Å²) in [6.45, 7) is 3.36. The van der Waals surface area contributed by atoms with Gasteiger partial charge in [0, 0.05) is 12.6 Å². The summed E-state index contributed by atoms with van der Waals surface area (Å²) in [5.74, 6) is 0.556. The van der Waals surface area contributed by atoms with Gasteiger partial charge in [-0.25, -0.2) is 13.6 Å². The minimum Gasteiger partial charge on any atom is -0.447 e. The fourth-order valence-electron chi connectivity index (χ4n) is 1.19. The number of hydrogen-bond acceptors (Lipinski definition) is 5. The maximum atomic E-state index is 11.0. The van der Waals surface area contributed by atoms with Crippen LogP contribution in [-0.4, -0.2) is 40.0 Å². The second kappa shape index (κ2) is 5.63. The Kier molecular flexibility index (Phi) is 4.70. The highest BCUT2D eigenvalue weighted by Gasteiger charge is 2.13. The fourth-order valence-corrected chi connectivity index (χ4v) is 1.67. The van der Waals surface area contributed by atoms with Crippen LogP contribution in [0.4, 0.5) is 0 Å². The van der Waals surface area contributed by atoms with Crippen molar-refractivity contribution < 1.29 is 12.8 Å². The summed E-state index contributed by atoms with van der Waals surface area (Å²) >= 11 is 0. The number of nitrogens with two attached hydrogens (primary N) is 1. The predicted molar refractivity (Wildman–Crippen MR) is 64.9 cm³/mol. The number of hydrogen-bond donors (Lipinski definition) is 2. The molecule has 0 fully saturated rings. The van der Waals surface area contributed by atoms with Crippen molar-refractivity contribution in [3.05, 3.63) is 17.9 Å². The van der Waals surface area contributed by atoms with E-state index in [4.69, 9.17) is 9.56 Å². The molecule has 3 N–H and O–H groups in total. The van der Waals surface area contributed by atoms with Gasteiger partial charge in [-0.1, -0.05) is 0 Å². The van der Waals surface area contributed by atoms with Crippen LogP contribution in [0.15, 0.2) is 21.6 Å². The molecular weight excluding hydrogens is 242 g/mol. The lowest BCUT2D eigenvalue weighted by Crippen LogP contribution is -2.35. The summed E-state index contributed by atoms with van der Waals surface area (Å²) in [7, 11) is 0.257. The molecule has 0 aromatic carbocycles. The highest BCUT2D eigenvalue weighted by Crippen LogP contribution is 2.11. The van der Waals surface area contributed by atoms with Crippen molar-refractivity contribution in [1.82, 2.24) is 10.2 Å². The van der Waals surface area contributed by atoms with E-state index in [0.29, 0.717) is 18.3 Å². The maximum Gasteiger partial charge on any atom is 0.271 e. The molecule has 98 valence electrons. The lowest BCUT2D eigenvalue weighted by atomic mass is 10.3. The Morgan fingerprint density at radius 3 is 2.59 bits per heavy atom. The number of nitrogens with one attached hydrogen (secondary N) is 1. The molecule has 0 amide bonds. The molecule has 1 aromatic heterocycles. The van der Waals surface area contributed by atoms with Gasteiger partial charge >= 0.3 is 0 Å². The molecule has 0 spiro atoms. The molecule has 0 saturated carbocycles. The lowest BCUT2D eigenvalue weighted by molar-refractivity contribution is 0.297. The number of likely N-dealkylation sites (N-methyl/N-ethyl adjacent to an activating group) is 1. The highest BCUT2D eigenvalue weighted by atomic mass is 32.2. The number of primary sulfonamides is 1. The Hall–Kier alpha value is -0.890. The molecule has 0 aliphatic rings. The minimum absolute atomic E-state index is 0.199. The van der Waals surface area contributed by atoms with Crippen molar-refractivity contribution in [3.8, 4) is 0 Å². The lowest BCUT2D eigenvalue weighted by Gasteiger charge is -2.19.